The Hall–Kier alpha value is -0.690. The number of fused-ring (bicyclic) bond motifs is 3. The number of aliphatic hydroxyl groups excluding tert-OH is 1. The molecule has 0 aromatic heterocycles. The number of hydrogen-bond donors (Lipinski definition) is 1. The number of carbonyl (C=O) groups is 1. The van der Waals surface area contributed by atoms with Crippen molar-refractivity contribution in [1.29, 1.82) is 0 Å². The first-order valence-corrected chi connectivity index (χ1v) is 8.00. The molecule has 1 N–H and O–H groups in total. The van der Waals surface area contributed by atoms with Gasteiger partial charge in [-0.15, -0.1) is 0 Å². The van der Waals surface area contributed by atoms with E-state index >= 15 is 0 Å². The summed E-state index contributed by atoms with van der Waals surface area (Å²) in [5, 5.41) is 9.73. The molecule has 6 nitrogen and oxygen atoms in total. The van der Waals surface area contributed by atoms with E-state index in [-0.39, 0.29) is 0 Å². The van der Waals surface area contributed by atoms with Crippen LogP contribution >= 0.6 is 0 Å². The Bertz CT molecular complexity index is 390. The lowest BCUT2D eigenvalue weighted by atomic mass is 10.0. The Kier molecular flexibility index (Phi) is 4.23. The molecule has 0 aromatic carbocycles. The molecule has 3 aliphatic heterocycles. The van der Waals surface area contributed by atoms with Crippen LogP contribution in [0.2, 0.25) is 0 Å². The monoisotopic (exact) mass is 300 g/mol. The maximum atomic E-state index is 11.4. The zero-order valence-electron chi connectivity index (χ0n) is 12.6. The molecule has 5 unspecified atom stereocenters. The summed E-state index contributed by atoms with van der Waals surface area (Å²) >= 11 is 0. The van der Waals surface area contributed by atoms with E-state index in [1.807, 2.05) is 0 Å². The van der Waals surface area contributed by atoms with Crippen LogP contribution in [0.25, 0.3) is 0 Å². The predicted molar refractivity (Wildman–Crippen MR) is 72.3 cm³/mol. The quantitative estimate of drug-likeness (QED) is 0.749. The second-order valence-electron chi connectivity index (χ2n) is 6.13. The topological polar surface area (TPSA) is 74.2 Å². The van der Waals surface area contributed by atoms with Crippen LogP contribution in [-0.4, -0.2) is 47.6 Å². The summed E-state index contributed by atoms with van der Waals surface area (Å²) in [6.45, 7) is 4.26. The summed E-state index contributed by atoms with van der Waals surface area (Å²) in [6, 6.07) is 0. The van der Waals surface area contributed by atoms with E-state index in [2.05, 4.69) is 13.8 Å². The van der Waals surface area contributed by atoms with Gasteiger partial charge in [-0.25, -0.2) is 4.79 Å². The Balaban J connectivity index is 1.70. The molecule has 21 heavy (non-hydrogen) atoms. The van der Waals surface area contributed by atoms with Gasteiger partial charge in [-0.3, -0.25) is 0 Å². The highest BCUT2D eigenvalue weighted by Crippen LogP contribution is 2.46. The Morgan fingerprint density at radius 1 is 1.05 bits per heavy atom. The average molecular weight is 300 g/mol. The largest absolute Gasteiger partial charge is 0.454 e. The molecule has 3 heterocycles. The first kappa shape index (κ1) is 15.2. The predicted octanol–water partition coefficient (Wildman–Crippen LogP) is 1.49. The molecule has 0 radical (unpaired) electrons. The van der Waals surface area contributed by atoms with Gasteiger partial charge in [-0.05, 0) is 12.8 Å². The zero-order chi connectivity index (χ0) is 15.0. The fourth-order valence-corrected chi connectivity index (χ4v) is 3.34. The Morgan fingerprint density at radius 3 is 2.33 bits per heavy atom. The van der Waals surface area contributed by atoms with Gasteiger partial charge in [-0.2, -0.15) is 0 Å². The molecule has 3 saturated heterocycles. The minimum absolute atomic E-state index is 0.426. The van der Waals surface area contributed by atoms with Gasteiger partial charge >= 0.3 is 5.97 Å². The van der Waals surface area contributed by atoms with Gasteiger partial charge in [0.2, 0.25) is 0 Å². The molecule has 0 bridgehead atoms. The lowest BCUT2D eigenvalue weighted by Crippen LogP contribution is -2.38. The minimum atomic E-state index is -1.23. The molecule has 0 spiro atoms. The minimum Gasteiger partial charge on any atom is -0.454 e. The summed E-state index contributed by atoms with van der Waals surface area (Å²) in [5.41, 5.74) is 0. The summed E-state index contributed by atoms with van der Waals surface area (Å²) in [4.78, 5) is 11.4. The number of aliphatic hydroxyl groups is 1. The molecule has 6 heteroatoms. The van der Waals surface area contributed by atoms with E-state index < -0.39 is 42.5 Å². The van der Waals surface area contributed by atoms with Gasteiger partial charge in [0, 0.05) is 12.8 Å². The van der Waals surface area contributed by atoms with E-state index in [0.717, 1.165) is 38.5 Å². The first-order valence-electron chi connectivity index (χ1n) is 8.00. The number of esters is 1. The molecule has 0 aliphatic carbocycles. The highest BCUT2D eigenvalue weighted by molar-refractivity contribution is 5.78. The van der Waals surface area contributed by atoms with E-state index in [1.165, 1.54) is 0 Å². The fraction of sp³-hybridized carbons (Fsp3) is 0.933. The van der Waals surface area contributed by atoms with Crippen molar-refractivity contribution in [2.75, 3.05) is 0 Å². The molecular formula is C15H24O6. The molecule has 3 fully saturated rings. The van der Waals surface area contributed by atoms with Crippen LogP contribution in [0.15, 0.2) is 0 Å². The number of rotatable bonds is 6. The van der Waals surface area contributed by atoms with Crippen molar-refractivity contribution in [3.63, 3.8) is 0 Å². The van der Waals surface area contributed by atoms with Crippen molar-refractivity contribution in [3.05, 3.63) is 0 Å². The standard InChI is InChI=1S/C15H24O6/c1-3-5-7-15(8-6-4-2)20-12-11-10(19-14(12)21-15)9(16)13(17)18-11/h9-12,14,16H,3-8H2,1-2H3. The highest BCUT2D eigenvalue weighted by Gasteiger charge is 2.64. The van der Waals surface area contributed by atoms with Crippen molar-refractivity contribution in [3.8, 4) is 0 Å². The second-order valence-corrected chi connectivity index (χ2v) is 6.13. The van der Waals surface area contributed by atoms with Gasteiger partial charge in [-0.1, -0.05) is 26.7 Å². The summed E-state index contributed by atoms with van der Waals surface area (Å²) in [7, 11) is 0. The Labute approximate surface area is 124 Å². The average Bonchev–Trinajstić information content (AvgIpc) is 3.06. The van der Waals surface area contributed by atoms with Gasteiger partial charge in [0.05, 0.1) is 0 Å². The van der Waals surface area contributed by atoms with Crippen LogP contribution in [0.1, 0.15) is 52.4 Å². The van der Waals surface area contributed by atoms with Crippen LogP contribution in [0.3, 0.4) is 0 Å². The van der Waals surface area contributed by atoms with Crippen LogP contribution in [-0.2, 0) is 23.7 Å². The smallest absolute Gasteiger partial charge is 0.338 e. The molecule has 3 rings (SSSR count). The molecule has 0 saturated carbocycles. The lowest BCUT2D eigenvalue weighted by Gasteiger charge is -2.30. The molecule has 120 valence electrons. The van der Waals surface area contributed by atoms with Crippen molar-refractivity contribution in [2.24, 2.45) is 0 Å². The maximum absolute atomic E-state index is 11.4. The number of carbonyl (C=O) groups excluding carboxylic acids is 1. The third-order valence-electron chi connectivity index (χ3n) is 4.52. The third kappa shape index (κ3) is 2.59. The van der Waals surface area contributed by atoms with Crippen molar-refractivity contribution in [1.82, 2.24) is 0 Å². The van der Waals surface area contributed by atoms with Crippen molar-refractivity contribution >= 4 is 5.97 Å². The highest BCUT2D eigenvalue weighted by atomic mass is 16.8. The van der Waals surface area contributed by atoms with Gasteiger partial charge in [0.15, 0.2) is 30.4 Å². The van der Waals surface area contributed by atoms with Gasteiger partial charge in [0.25, 0.3) is 0 Å². The third-order valence-corrected chi connectivity index (χ3v) is 4.52. The lowest BCUT2D eigenvalue weighted by molar-refractivity contribution is -0.240. The van der Waals surface area contributed by atoms with Gasteiger partial charge in [0.1, 0.15) is 6.10 Å². The van der Waals surface area contributed by atoms with E-state index in [1.54, 1.807) is 0 Å². The molecule has 0 amide bonds. The molecule has 5 atom stereocenters. The molecule has 3 aliphatic rings. The van der Waals surface area contributed by atoms with Gasteiger partial charge < -0.3 is 24.1 Å². The summed E-state index contributed by atoms with van der Waals surface area (Å²) in [6.07, 6.45) is 2.37. The molecular weight excluding hydrogens is 276 g/mol. The zero-order valence-corrected chi connectivity index (χ0v) is 12.6. The molecule has 0 aromatic rings. The Morgan fingerprint density at radius 2 is 1.71 bits per heavy atom. The van der Waals surface area contributed by atoms with E-state index in [4.69, 9.17) is 18.9 Å². The summed E-state index contributed by atoms with van der Waals surface area (Å²) in [5.74, 6) is -1.27. The van der Waals surface area contributed by atoms with Crippen LogP contribution < -0.4 is 0 Å². The first-order chi connectivity index (χ1) is 10.1. The number of unbranched alkanes of at least 4 members (excludes halogenated alkanes) is 2. The van der Waals surface area contributed by atoms with Crippen molar-refractivity contribution < 1.29 is 28.8 Å². The summed E-state index contributed by atoms with van der Waals surface area (Å²) < 4.78 is 23.1. The van der Waals surface area contributed by atoms with Crippen LogP contribution in [0.5, 0.6) is 0 Å². The van der Waals surface area contributed by atoms with Crippen LogP contribution in [0.4, 0.5) is 0 Å². The van der Waals surface area contributed by atoms with E-state index in [9.17, 15) is 9.90 Å². The normalized spacial score (nSPS) is 40.1. The van der Waals surface area contributed by atoms with Crippen molar-refractivity contribution in [2.45, 2.75) is 88.9 Å². The number of hydrogen-bond acceptors (Lipinski definition) is 6. The SMILES string of the molecule is CCCCC1(CCCC)OC2OC3C(O)C(=O)OC3C2O1. The van der Waals surface area contributed by atoms with Crippen LogP contribution in [0, 0.1) is 0 Å². The van der Waals surface area contributed by atoms with E-state index in [0.29, 0.717) is 0 Å². The fourth-order valence-electron chi connectivity index (χ4n) is 3.34. The maximum Gasteiger partial charge on any atom is 0.338 e. The second kappa shape index (κ2) is 5.83. The number of ether oxygens (including phenoxy) is 4.